The Bertz CT molecular complexity index is 421. The number of furan rings is 1. The van der Waals surface area contributed by atoms with Crippen LogP contribution >= 0.6 is 0 Å². The van der Waals surface area contributed by atoms with Gasteiger partial charge in [0.05, 0.1) is 37.0 Å². The van der Waals surface area contributed by atoms with Crippen LogP contribution in [0.2, 0.25) is 0 Å². The van der Waals surface area contributed by atoms with Crippen molar-refractivity contribution in [3.05, 3.63) is 36.0 Å². The van der Waals surface area contributed by atoms with Gasteiger partial charge in [-0.2, -0.15) is 0 Å². The summed E-state index contributed by atoms with van der Waals surface area (Å²) < 4.78 is 6.77. The highest BCUT2D eigenvalue weighted by atomic mass is 16.3. The predicted octanol–water partition coefficient (Wildman–Crippen LogP) is 1.72. The van der Waals surface area contributed by atoms with Crippen LogP contribution in [-0.2, 0) is 6.54 Å². The van der Waals surface area contributed by atoms with E-state index in [0.717, 1.165) is 24.1 Å². The Morgan fingerprint density at radius 2 is 2.44 bits per heavy atom. The van der Waals surface area contributed by atoms with Crippen molar-refractivity contribution in [2.24, 2.45) is 5.73 Å². The van der Waals surface area contributed by atoms with Crippen LogP contribution in [0.4, 0.5) is 0 Å². The van der Waals surface area contributed by atoms with Gasteiger partial charge < -0.3 is 10.2 Å². The zero-order valence-electron chi connectivity index (χ0n) is 9.34. The molecule has 16 heavy (non-hydrogen) atoms. The summed E-state index contributed by atoms with van der Waals surface area (Å²) in [6.45, 7) is 2.78. The van der Waals surface area contributed by atoms with Crippen molar-refractivity contribution in [1.29, 1.82) is 0 Å². The lowest BCUT2D eigenvalue weighted by atomic mass is 10.1. The van der Waals surface area contributed by atoms with Crippen molar-refractivity contribution in [3.63, 3.8) is 0 Å². The first-order valence-electron chi connectivity index (χ1n) is 5.46. The molecule has 0 fully saturated rings. The molecule has 0 saturated heterocycles. The third kappa shape index (κ3) is 2.49. The quantitative estimate of drug-likeness (QED) is 0.832. The Labute approximate surface area is 94.2 Å². The second-order valence-corrected chi connectivity index (χ2v) is 3.87. The minimum absolute atomic E-state index is 0.0110. The molecule has 0 saturated carbocycles. The number of hydrogen-bond acceptors (Lipinski definition) is 4. The monoisotopic (exact) mass is 220 g/mol. The van der Waals surface area contributed by atoms with Crippen LogP contribution in [0.15, 0.2) is 29.2 Å². The fourth-order valence-electron chi connectivity index (χ4n) is 1.59. The lowest BCUT2D eigenvalue weighted by molar-refractivity contribution is 0.558. The lowest BCUT2D eigenvalue weighted by Gasteiger charge is -2.04. The number of aromatic nitrogens is 3. The molecule has 0 amide bonds. The van der Waals surface area contributed by atoms with Crippen molar-refractivity contribution in [2.75, 3.05) is 0 Å². The minimum Gasteiger partial charge on any atom is -0.472 e. The zero-order chi connectivity index (χ0) is 11.4. The maximum Gasteiger partial charge on any atom is 0.0994 e. The number of nitrogens with zero attached hydrogens (tertiary/aromatic N) is 3. The summed E-state index contributed by atoms with van der Waals surface area (Å²) in [6, 6.07) is 1.90. The summed E-state index contributed by atoms with van der Waals surface area (Å²) in [5.41, 5.74) is 7.88. The second-order valence-electron chi connectivity index (χ2n) is 3.87. The van der Waals surface area contributed by atoms with Crippen LogP contribution in [0.5, 0.6) is 0 Å². The molecule has 2 aromatic heterocycles. The fourth-order valence-corrected chi connectivity index (χ4v) is 1.59. The van der Waals surface area contributed by atoms with Crippen LogP contribution in [0.3, 0.4) is 0 Å². The molecular weight excluding hydrogens is 204 g/mol. The van der Waals surface area contributed by atoms with Crippen LogP contribution < -0.4 is 5.73 Å². The Hall–Kier alpha value is -1.62. The summed E-state index contributed by atoms with van der Waals surface area (Å²) in [7, 11) is 0. The van der Waals surface area contributed by atoms with E-state index in [1.165, 1.54) is 0 Å². The summed E-state index contributed by atoms with van der Waals surface area (Å²) in [5.74, 6) is 0. The first-order valence-corrected chi connectivity index (χ1v) is 5.46. The first-order chi connectivity index (χ1) is 7.79. The standard InChI is InChI=1S/C11H16N4O/c1-2-3-10(12)11-7-15(14-13-11)6-9-4-5-16-8-9/h4-5,7-8,10H,2-3,6,12H2,1H3. The van der Waals surface area contributed by atoms with Crippen molar-refractivity contribution in [2.45, 2.75) is 32.4 Å². The van der Waals surface area contributed by atoms with E-state index in [2.05, 4.69) is 17.2 Å². The highest BCUT2D eigenvalue weighted by molar-refractivity contribution is 5.07. The molecule has 5 nitrogen and oxygen atoms in total. The fraction of sp³-hybridized carbons (Fsp3) is 0.455. The molecule has 1 unspecified atom stereocenters. The molecule has 0 aliphatic carbocycles. The Balaban J connectivity index is 2.02. The van der Waals surface area contributed by atoms with Gasteiger partial charge in [0.15, 0.2) is 0 Å². The number of nitrogens with two attached hydrogens (primary N) is 1. The molecule has 2 heterocycles. The Kier molecular flexibility index (Phi) is 3.36. The van der Waals surface area contributed by atoms with Gasteiger partial charge in [-0.15, -0.1) is 5.10 Å². The van der Waals surface area contributed by atoms with Gasteiger partial charge in [0.2, 0.25) is 0 Å². The third-order valence-electron chi connectivity index (χ3n) is 2.46. The molecular formula is C11H16N4O. The van der Waals surface area contributed by atoms with Gasteiger partial charge >= 0.3 is 0 Å². The van der Waals surface area contributed by atoms with Gasteiger partial charge in [0.25, 0.3) is 0 Å². The first kappa shape index (κ1) is 10.9. The van der Waals surface area contributed by atoms with Crippen molar-refractivity contribution in [1.82, 2.24) is 15.0 Å². The molecule has 1 atom stereocenters. The number of hydrogen-bond donors (Lipinski definition) is 1. The molecule has 0 aliphatic heterocycles. The molecule has 2 rings (SSSR count). The molecule has 0 spiro atoms. The smallest absolute Gasteiger partial charge is 0.0994 e. The van der Waals surface area contributed by atoms with E-state index in [-0.39, 0.29) is 6.04 Å². The van der Waals surface area contributed by atoms with Crippen molar-refractivity contribution >= 4 is 0 Å². The summed E-state index contributed by atoms with van der Waals surface area (Å²) in [4.78, 5) is 0. The van der Waals surface area contributed by atoms with Gasteiger partial charge in [0, 0.05) is 5.56 Å². The minimum atomic E-state index is -0.0110. The van der Waals surface area contributed by atoms with Crippen LogP contribution in [0.25, 0.3) is 0 Å². The zero-order valence-corrected chi connectivity index (χ0v) is 9.34. The van der Waals surface area contributed by atoms with E-state index in [0.29, 0.717) is 6.54 Å². The average Bonchev–Trinajstić information content (AvgIpc) is 2.90. The van der Waals surface area contributed by atoms with Crippen molar-refractivity contribution in [3.8, 4) is 0 Å². The van der Waals surface area contributed by atoms with Gasteiger partial charge in [0.1, 0.15) is 0 Å². The SMILES string of the molecule is CCCC(N)c1cn(Cc2ccoc2)nn1. The maximum absolute atomic E-state index is 5.96. The predicted molar refractivity (Wildman–Crippen MR) is 59.7 cm³/mol. The molecule has 0 aromatic carbocycles. The summed E-state index contributed by atoms with van der Waals surface area (Å²) in [6.07, 6.45) is 7.23. The lowest BCUT2D eigenvalue weighted by Crippen LogP contribution is -2.10. The largest absolute Gasteiger partial charge is 0.472 e. The molecule has 0 aliphatic rings. The highest BCUT2D eigenvalue weighted by Gasteiger charge is 2.09. The van der Waals surface area contributed by atoms with E-state index in [9.17, 15) is 0 Å². The van der Waals surface area contributed by atoms with E-state index in [1.54, 1.807) is 17.2 Å². The Morgan fingerprint density at radius 3 is 3.12 bits per heavy atom. The topological polar surface area (TPSA) is 69.9 Å². The molecule has 0 bridgehead atoms. The third-order valence-corrected chi connectivity index (χ3v) is 2.46. The normalized spacial score (nSPS) is 12.9. The van der Waals surface area contributed by atoms with Gasteiger partial charge in [-0.05, 0) is 12.5 Å². The number of rotatable bonds is 5. The van der Waals surface area contributed by atoms with Gasteiger partial charge in [-0.1, -0.05) is 18.6 Å². The molecule has 86 valence electrons. The average molecular weight is 220 g/mol. The highest BCUT2D eigenvalue weighted by Crippen LogP contribution is 2.12. The molecule has 5 heteroatoms. The van der Waals surface area contributed by atoms with Crippen molar-refractivity contribution < 1.29 is 4.42 Å². The van der Waals surface area contributed by atoms with E-state index >= 15 is 0 Å². The molecule has 0 radical (unpaired) electrons. The molecule has 2 aromatic rings. The van der Waals surface area contributed by atoms with Crippen LogP contribution in [0, 0.1) is 0 Å². The van der Waals surface area contributed by atoms with Gasteiger partial charge in [-0.3, -0.25) is 0 Å². The van der Waals surface area contributed by atoms with Crippen LogP contribution in [-0.4, -0.2) is 15.0 Å². The summed E-state index contributed by atoms with van der Waals surface area (Å²) >= 11 is 0. The summed E-state index contributed by atoms with van der Waals surface area (Å²) in [5, 5.41) is 8.11. The van der Waals surface area contributed by atoms with E-state index in [1.807, 2.05) is 12.3 Å². The van der Waals surface area contributed by atoms with Crippen LogP contribution in [0.1, 0.15) is 37.1 Å². The van der Waals surface area contributed by atoms with E-state index in [4.69, 9.17) is 10.2 Å². The van der Waals surface area contributed by atoms with Gasteiger partial charge in [-0.25, -0.2) is 4.68 Å². The van der Waals surface area contributed by atoms with E-state index < -0.39 is 0 Å². The molecule has 2 N–H and O–H groups in total. The Morgan fingerprint density at radius 1 is 1.56 bits per heavy atom. The maximum atomic E-state index is 5.96. The second kappa shape index (κ2) is 4.94.